The molecule has 0 amide bonds. The van der Waals surface area contributed by atoms with Crippen LogP contribution in [0.3, 0.4) is 0 Å². The monoisotopic (exact) mass is 233 g/mol. The van der Waals surface area contributed by atoms with E-state index < -0.39 is 10.1 Å². The molecule has 0 aliphatic carbocycles. The van der Waals surface area contributed by atoms with Crippen molar-refractivity contribution < 1.29 is 12.6 Å². The van der Waals surface area contributed by atoms with Gasteiger partial charge in [-0.15, -0.1) is 0 Å². The smallest absolute Gasteiger partial charge is 0.267 e. The number of aromatic nitrogens is 1. The second-order valence-electron chi connectivity index (χ2n) is 3.29. The lowest BCUT2D eigenvalue weighted by atomic mass is 10.5. The van der Waals surface area contributed by atoms with Gasteiger partial charge in [0.05, 0.1) is 11.9 Å². The Kier molecular flexibility index (Phi) is 7.07. The molecule has 0 aromatic carbocycles. The van der Waals surface area contributed by atoms with E-state index in [-0.39, 0.29) is 11.9 Å². The van der Waals surface area contributed by atoms with Gasteiger partial charge in [0.15, 0.2) is 0 Å². The predicted molar refractivity (Wildman–Crippen MR) is 61.1 cm³/mol. The van der Waals surface area contributed by atoms with Crippen molar-refractivity contribution in [1.29, 1.82) is 0 Å². The Balaban J connectivity index is 0.000000322. The minimum atomic E-state index is -3.23. The van der Waals surface area contributed by atoms with E-state index in [0.29, 0.717) is 6.42 Å². The summed E-state index contributed by atoms with van der Waals surface area (Å²) in [6.07, 6.45) is 4.12. The third kappa shape index (κ3) is 9.49. The topological polar surface area (TPSA) is 59.2 Å². The van der Waals surface area contributed by atoms with Crippen molar-refractivity contribution in [2.45, 2.75) is 33.3 Å². The van der Waals surface area contributed by atoms with Gasteiger partial charge in [-0.3, -0.25) is 4.18 Å². The third-order valence-electron chi connectivity index (χ3n) is 1.29. The van der Waals surface area contributed by atoms with Gasteiger partial charge >= 0.3 is 0 Å². The molecule has 0 aliphatic heterocycles. The van der Waals surface area contributed by atoms with Crippen LogP contribution >= 0.6 is 0 Å². The zero-order valence-electron chi connectivity index (χ0n) is 9.43. The summed E-state index contributed by atoms with van der Waals surface area (Å²) in [6, 6.07) is 3.89. The Bertz CT molecular complexity index is 299. The number of rotatable bonds is 4. The van der Waals surface area contributed by atoms with Gasteiger partial charge in [-0.25, -0.2) is 0 Å². The van der Waals surface area contributed by atoms with Crippen LogP contribution in [0.5, 0.6) is 0 Å². The minimum absolute atomic E-state index is 0.116. The van der Waals surface area contributed by atoms with Crippen LogP contribution in [-0.2, 0) is 14.3 Å². The molecule has 0 radical (unpaired) electrons. The molecule has 0 spiro atoms. The summed E-state index contributed by atoms with van der Waals surface area (Å²) >= 11 is 0. The Morgan fingerprint density at radius 3 is 2.07 bits per heavy atom. The first-order valence-electron chi connectivity index (χ1n) is 4.96. The molecule has 0 bridgehead atoms. The van der Waals surface area contributed by atoms with E-state index in [9.17, 15) is 8.42 Å². The van der Waals surface area contributed by atoms with Crippen molar-refractivity contribution in [2.75, 3.05) is 5.75 Å². The zero-order valence-corrected chi connectivity index (χ0v) is 10.3. The number of nitrogens with one attached hydrogen (secondary N) is 1. The van der Waals surface area contributed by atoms with Crippen molar-refractivity contribution >= 4 is 10.1 Å². The highest BCUT2D eigenvalue weighted by atomic mass is 32.2. The summed E-state index contributed by atoms with van der Waals surface area (Å²) in [7, 11) is -3.23. The van der Waals surface area contributed by atoms with Gasteiger partial charge in [0.2, 0.25) is 0 Å². The molecule has 4 nitrogen and oxygen atoms in total. The average molecular weight is 233 g/mol. The molecule has 1 aromatic heterocycles. The van der Waals surface area contributed by atoms with Gasteiger partial charge in [0.1, 0.15) is 0 Å². The maximum absolute atomic E-state index is 10.8. The van der Waals surface area contributed by atoms with Crippen LogP contribution in [0.25, 0.3) is 0 Å². The molecule has 0 unspecified atom stereocenters. The van der Waals surface area contributed by atoms with Crippen molar-refractivity contribution in [1.82, 2.24) is 4.98 Å². The highest BCUT2D eigenvalue weighted by Gasteiger charge is 2.10. The van der Waals surface area contributed by atoms with Crippen LogP contribution < -0.4 is 0 Å². The van der Waals surface area contributed by atoms with Crippen molar-refractivity contribution in [3.63, 3.8) is 0 Å². The Morgan fingerprint density at radius 2 is 1.80 bits per heavy atom. The van der Waals surface area contributed by atoms with E-state index in [1.54, 1.807) is 20.8 Å². The van der Waals surface area contributed by atoms with Crippen LogP contribution in [0.2, 0.25) is 0 Å². The lowest BCUT2D eigenvalue weighted by Gasteiger charge is -2.05. The van der Waals surface area contributed by atoms with E-state index in [1.807, 2.05) is 24.5 Å². The SMILES string of the molecule is CCCS(=O)(=O)OC(C)C.c1cc[nH]c1. The first-order valence-corrected chi connectivity index (χ1v) is 6.54. The molecule has 0 fully saturated rings. The predicted octanol–water partition coefficient (Wildman–Crippen LogP) is 2.17. The van der Waals surface area contributed by atoms with Crippen LogP contribution in [0.4, 0.5) is 0 Å². The Labute approximate surface area is 91.8 Å². The van der Waals surface area contributed by atoms with Crippen LogP contribution in [0, 0.1) is 0 Å². The molecule has 0 aliphatic rings. The number of hydrogen-bond donors (Lipinski definition) is 1. The van der Waals surface area contributed by atoms with Crippen LogP contribution in [0.15, 0.2) is 24.5 Å². The van der Waals surface area contributed by atoms with Gasteiger partial charge in [-0.2, -0.15) is 8.42 Å². The maximum Gasteiger partial charge on any atom is 0.267 e. The van der Waals surface area contributed by atoms with Gasteiger partial charge < -0.3 is 4.98 Å². The van der Waals surface area contributed by atoms with Crippen molar-refractivity contribution in [2.24, 2.45) is 0 Å². The van der Waals surface area contributed by atoms with E-state index in [4.69, 9.17) is 0 Å². The third-order valence-corrected chi connectivity index (χ3v) is 2.88. The number of H-pyrrole nitrogens is 1. The summed E-state index contributed by atoms with van der Waals surface area (Å²) < 4.78 is 26.3. The summed E-state index contributed by atoms with van der Waals surface area (Å²) in [5, 5.41) is 0. The highest BCUT2D eigenvalue weighted by molar-refractivity contribution is 7.86. The Morgan fingerprint density at radius 1 is 1.27 bits per heavy atom. The lowest BCUT2D eigenvalue weighted by Crippen LogP contribution is -2.14. The molecular weight excluding hydrogens is 214 g/mol. The molecule has 88 valence electrons. The van der Waals surface area contributed by atoms with E-state index in [2.05, 4.69) is 9.17 Å². The second-order valence-corrected chi connectivity index (χ2v) is 5.01. The van der Waals surface area contributed by atoms with Crippen molar-refractivity contribution in [3.05, 3.63) is 24.5 Å². The van der Waals surface area contributed by atoms with Gasteiger partial charge in [0.25, 0.3) is 10.1 Å². The van der Waals surface area contributed by atoms with E-state index in [0.717, 1.165) is 0 Å². The molecule has 15 heavy (non-hydrogen) atoms. The number of hydrogen-bond acceptors (Lipinski definition) is 3. The summed E-state index contributed by atoms with van der Waals surface area (Å²) in [5.41, 5.74) is 0. The fourth-order valence-corrected chi connectivity index (χ4v) is 2.05. The normalized spacial score (nSPS) is 10.9. The Hall–Kier alpha value is -0.810. The minimum Gasteiger partial charge on any atom is -0.368 e. The van der Waals surface area contributed by atoms with Gasteiger partial charge in [0, 0.05) is 12.4 Å². The summed E-state index contributed by atoms with van der Waals surface area (Å²) in [5.74, 6) is 0.116. The molecule has 1 N–H and O–H groups in total. The molecular formula is C10H19NO3S. The number of aromatic amines is 1. The van der Waals surface area contributed by atoms with Crippen LogP contribution in [-0.4, -0.2) is 25.3 Å². The molecule has 0 saturated heterocycles. The summed E-state index contributed by atoms with van der Waals surface area (Å²) in [6.45, 7) is 5.21. The standard InChI is InChI=1S/C6H14O3S.C4H5N/c1-4-5-10(7,8)9-6(2)3;1-2-4-5-3-1/h6H,4-5H2,1-3H3;1-5H. The molecule has 1 heterocycles. The van der Waals surface area contributed by atoms with E-state index >= 15 is 0 Å². The molecule has 1 rings (SSSR count). The lowest BCUT2D eigenvalue weighted by molar-refractivity contribution is 0.249. The van der Waals surface area contributed by atoms with Gasteiger partial charge in [-0.05, 0) is 32.4 Å². The molecule has 0 saturated carbocycles. The second kappa shape index (κ2) is 7.48. The molecule has 5 heteroatoms. The zero-order chi connectivity index (χ0) is 11.7. The van der Waals surface area contributed by atoms with Crippen molar-refractivity contribution in [3.8, 4) is 0 Å². The largest absolute Gasteiger partial charge is 0.368 e. The maximum atomic E-state index is 10.8. The first kappa shape index (κ1) is 14.2. The molecule has 1 aromatic rings. The highest BCUT2D eigenvalue weighted by Crippen LogP contribution is 2.00. The molecule has 0 atom stereocenters. The van der Waals surface area contributed by atoms with Crippen LogP contribution in [0.1, 0.15) is 27.2 Å². The fourth-order valence-electron chi connectivity index (χ4n) is 0.869. The van der Waals surface area contributed by atoms with Gasteiger partial charge in [-0.1, -0.05) is 6.92 Å². The first-order chi connectivity index (χ1) is 6.98. The fraction of sp³-hybridized carbons (Fsp3) is 0.600. The average Bonchev–Trinajstić information content (AvgIpc) is 2.56. The van der Waals surface area contributed by atoms with E-state index in [1.165, 1.54) is 0 Å². The summed E-state index contributed by atoms with van der Waals surface area (Å²) in [4.78, 5) is 2.86. The quantitative estimate of drug-likeness (QED) is 0.811.